The van der Waals surface area contributed by atoms with Crippen LogP contribution in [0.15, 0.2) is 18.7 Å². The number of thiocarbonyl (C=S) groups is 1. The Labute approximate surface area is 138 Å². The van der Waals surface area contributed by atoms with E-state index in [4.69, 9.17) is 35.9 Å². The lowest BCUT2D eigenvalue weighted by molar-refractivity contribution is -0.219. The Morgan fingerprint density at radius 1 is 1.43 bits per heavy atom. The Morgan fingerprint density at radius 3 is 2.87 bits per heavy atom. The molecular formula is C14H18N2O6S. The molecule has 2 aliphatic rings. The lowest BCUT2D eigenvalue weighted by Gasteiger charge is -2.26. The molecule has 2 fully saturated rings. The predicted molar refractivity (Wildman–Crippen MR) is 80.4 cm³/mol. The summed E-state index contributed by atoms with van der Waals surface area (Å²) in [5.74, 6) is -1.18. The number of rotatable bonds is 3. The molecule has 0 aliphatic carbocycles. The van der Waals surface area contributed by atoms with Gasteiger partial charge in [-0.15, -0.1) is 0 Å². The molecule has 2 aliphatic heterocycles. The molecule has 4 atom stereocenters. The van der Waals surface area contributed by atoms with E-state index >= 15 is 0 Å². The molecule has 1 aromatic heterocycles. The summed E-state index contributed by atoms with van der Waals surface area (Å²) in [7, 11) is 0. The number of imidazole rings is 1. The number of hydrogen-bond acceptors (Lipinski definition) is 8. The highest BCUT2D eigenvalue weighted by atomic mass is 32.1. The highest BCUT2D eigenvalue weighted by Gasteiger charge is 2.56. The Morgan fingerprint density at radius 2 is 2.22 bits per heavy atom. The van der Waals surface area contributed by atoms with Crippen molar-refractivity contribution in [1.82, 2.24) is 9.55 Å². The van der Waals surface area contributed by atoms with Gasteiger partial charge in [0.25, 0.3) is 5.17 Å². The minimum absolute atomic E-state index is 0.0344. The second kappa shape index (κ2) is 6.16. The smallest absolute Gasteiger partial charge is 0.302 e. The molecule has 0 bridgehead atoms. The SMILES string of the molecule is CC(=O)OCC1OC2OC(C)(C)OC2C1OC(=S)n1ccnc1. The van der Waals surface area contributed by atoms with Gasteiger partial charge in [0.1, 0.15) is 19.0 Å². The molecule has 3 rings (SSSR count). The van der Waals surface area contributed by atoms with Gasteiger partial charge < -0.3 is 23.7 Å². The van der Waals surface area contributed by atoms with Gasteiger partial charge in [0.2, 0.25) is 0 Å². The van der Waals surface area contributed by atoms with Gasteiger partial charge in [0.05, 0.1) is 0 Å². The molecular weight excluding hydrogens is 324 g/mol. The van der Waals surface area contributed by atoms with Crippen LogP contribution in [0.3, 0.4) is 0 Å². The van der Waals surface area contributed by atoms with Crippen LogP contribution in [-0.2, 0) is 28.5 Å². The molecule has 23 heavy (non-hydrogen) atoms. The average molecular weight is 342 g/mol. The van der Waals surface area contributed by atoms with Crippen molar-refractivity contribution in [2.45, 2.75) is 51.2 Å². The van der Waals surface area contributed by atoms with Crippen LogP contribution >= 0.6 is 12.2 Å². The molecule has 0 spiro atoms. The first kappa shape index (κ1) is 16.3. The van der Waals surface area contributed by atoms with Crippen LogP contribution in [0.2, 0.25) is 0 Å². The Kier molecular flexibility index (Phi) is 4.37. The number of carbonyl (C=O) groups is 1. The van der Waals surface area contributed by atoms with Crippen LogP contribution < -0.4 is 0 Å². The summed E-state index contributed by atoms with van der Waals surface area (Å²) < 4.78 is 29.7. The van der Waals surface area contributed by atoms with E-state index in [0.717, 1.165) is 0 Å². The molecule has 4 unspecified atom stereocenters. The lowest BCUT2D eigenvalue weighted by atomic mass is 10.1. The van der Waals surface area contributed by atoms with Crippen molar-refractivity contribution in [3.05, 3.63) is 18.7 Å². The summed E-state index contributed by atoms with van der Waals surface area (Å²) in [5.41, 5.74) is 0. The van der Waals surface area contributed by atoms with Gasteiger partial charge >= 0.3 is 5.97 Å². The van der Waals surface area contributed by atoms with E-state index in [0.29, 0.717) is 0 Å². The van der Waals surface area contributed by atoms with E-state index in [1.807, 2.05) is 0 Å². The van der Waals surface area contributed by atoms with E-state index in [2.05, 4.69) is 4.98 Å². The molecule has 0 radical (unpaired) electrons. The van der Waals surface area contributed by atoms with E-state index in [1.54, 1.807) is 30.8 Å². The van der Waals surface area contributed by atoms with Crippen molar-refractivity contribution in [1.29, 1.82) is 0 Å². The first-order chi connectivity index (χ1) is 10.9. The fourth-order valence-corrected chi connectivity index (χ4v) is 2.79. The monoisotopic (exact) mass is 342 g/mol. The highest BCUT2D eigenvalue weighted by molar-refractivity contribution is 7.80. The number of nitrogens with zero attached hydrogens (tertiary/aromatic N) is 2. The fourth-order valence-electron chi connectivity index (χ4n) is 2.57. The second-order valence-electron chi connectivity index (χ2n) is 5.76. The van der Waals surface area contributed by atoms with Crippen LogP contribution in [0.4, 0.5) is 0 Å². The second-order valence-corrected chi connectivity index (χ2v) is 6.11. The van der Waals surface area contributed by atoms with Gasteiger partial charge in [0, 0.05) is 19.3 Å². The van der Waals surface area contributed by atoms with Crippen molar-refractivity contribution in [2.75, 3.05) is 6.61 Å². The minimum atomic E-state index is -0.778. The summed E-state index contributed by atoms with van der Waals surface area (Å²) >= 11 is 5.26. The summed E-state index contributed by atoms with van der Waals surface area (Å²) in [6, 6.07) is 0. The molecule has 2 saturated heterocycles. The Hall–Kier alpha value is -1.55. The lowest BCUT2D eigenvalue weighted by Crippen LogP contribution is -2.41. The quantitative estimate of drug-likeness (QED) is 0.590. The van der Waals surface area contributed by atoms with Crippen molar-refractivity contribution in [3.63, 3.8) is 0 Å². The molecule has 0 aromatic carbocycles. The van der Waals surface area contributed by atoms with Crippen LogP contribution in [-0.4, -0.2) is 57.7 Å². The molecule has 126 valence electrons. The molecule has 0 amide bonds. The number of carbonyl (C=O) groups excluding carboxylic acids is 1. The zero-order chi connectivity index (χ0) is 16.6. The van der Waals surface area contributed by atoms with Crippen molar-refractivity contribution in [2.24, 2.45) is 0 Å². The normalized spacial score (nSPS) is 31.6. The molecule has 0 N–H and O–H groups in total. The largest absolute Gasteiger partial charge is 0.463 e. The first-order valence-electron chi connectivity index (χ1n) is 7.19. The van der Waals surface area contributed by atoms with Gasteiger partial charge in [-0.2, -0.15) is 0 Å². The Bertz CT molecular complexity index is 590. The van der Waals surface area contributed by atoms with Crippen LogP contribution in [0.25, 0.3) is 0 Å². The molecule has 8 nitrogen and oxygen atoms in total. The third-order valence-corrected chi connectivity index (χ3v) is 3.80. The number of aromatic nitrogens is 2. The molecule has 0 saturated carbocycles. The maximum absolute atomic E-state index is 11.0. The maximum Gasteiger partial charge on any atom is 0.302 e. The topological polar surface area (TPSA) is 81.0 Å². The molecule has 9 heteroatoms. The minimum Gasteiger partial charge on any atom is -0.463 e. The van der Waals surface area contributed by atoms with Crippen molar-refractivity contribution < 1.29 is 28.5 Å². The van der Waals surface area contributed by atoms with Crippen LogP contribution in [0, 0.1) is 0 Å². The number of ether oxygens (including phenoxy) is 5. The highest BCUT2D eigenvalue weighted by Crippen LogP contribution is 2.39. The van der Waals surface area contributed by atoms with Crippen molar-refractivity contribution in [3.8, 4) is 0 Å². The van der Waals surface area contributed by atoms with Crippen LogP contribution in [0.1, 0.15) is 20.8 Å². The Balaban J connectivity index is 1.73. The first-order valence-corrected chi connectivity index (χ1v) is 7.60. The van der Waals surface area contributed by atoms with E-state index in [9.17, 15) is 4.79 Å². The van der Waals surface area contributed by atoms with E-state index in [-0.39, 0.29) is 11.8 Å². The molecule has 1 aromatic rings. The summed E-state index contributed by atoms with van der Waals surface area (Å²) in [5, 5.41) is 0.206. The average Bonchev–Trinajstić information content (AvgIpc) is 3.13. The summed E-state index contributed by atoms with van der Waals surface area (Å²) in [4.78, 5) is 15.0. The third-order valence-electron chi connectivity index (χ3n) is 3.49. The van der Waals surface area contributed by atoms with Gasteiger partial charge in [-0.3, -0.25) is 9.36 Å². The predicted octanol–water partition coefficient (Wildman–Crippen LogP) is 0.841. The van der Waals surface area contributed by atoms with Gasteiger partial charge in [-0.25, -0.2) is 4.98 Å². The maximum atomic E-state index is 11.0. The van der Waals surface area contributed by atoms with Crippen molar-refractivity contribution >= 4 is 23.4 Å². The fraction of sp³-hybridized carbons (Fsp3) is 0.643. The van der Waals surface area contributed by atoms with Gasteiger partial charge in [-0.1, -0.05) is 0 Å². The standard InChI is InChI=1S/C14H18N2O6S/c1-8(17)18-6-9-10(20-13(23)16-5-4-15-7-16)11-12(19-9)22-14(2,3)21-11/h4-5,7,9-12H,6H2,1-3H3. The third kappa shape index (κ3) is 3.52. The summed E-state index contributed by atoms with van der Waals surface area (Å²) in [6.45, 7) is 4.95. The van der Waals surface area contributed by atoms with Gasteiger partial charge in [-0.05, 0) is 26.1 Å². The zero-order valence-electron chi connectivity index (χ0n) is 13.0. The zero-order valence-corrected chi connectivity index (χ0v) is 13.8. The van der Waals surface area contributed by atoms with Gasteiger partial charge in [0.15, 0.2) is 24.3 Å². The number of fused-ring (bicyclic) bond motifs is 1. The molecule has 3 heterocycles. The van der Waals surface area contributed by atoms with E-state index in [1.165, 1.54) is 13.3 Å². The van der Waals surface area contributed by atoms with E-state index < -0.39 is 36.4 Å². The number of esters is 1. The number of hydrogen-bond donors (Lipinski definition) is 0. The van der Waals surface area contributed by atoms with Crippen LogP contribution in [0.5, 0.6) is 0 Å². The summed E-state index contributed by atoms with van der Waals surface area (Å²) in [6.07, 6.45) is 2.65.